The molecule has 2 aromatic carbocycles. The second-order valence-corrected chi connectivity index (χ2v) is 5.97. The standard InChI is InChI=1S/C19H25NO/c1-13(2)16-7-5-6-8-19(16)21-12-18(20)17-10-9-14(3)11-15(17)4/h5-11,13,18H,12,20H2,1-4H3. The number of ether oxygens (including phenoxy) is 1. The van der Waals surface area contributed by atoms with Crippen LogP contribution in [0.1, 0.15) is 48.1 Å². The van der Waals surface area contributed by atoms with Crippen LogP contribution in [0, 0.1) is 13.8 Å². The molecule has 2 aromatic rings. The van der Waals surface area contributed by atoms with Crippen LogP contribution in [0.3, 0.4) is 0 Å². The molecule has 0 aliphatic carbocycles. The molecule has 0 aliphatic heterocycles. The van der Waals surface area contributed by atoms with E-state index in [9.17, 15) is 0 Å². The molecule has 0 saturated heterocycles. The Hall–Kier alpha value is -1.80. The summed E-state index contributed by atoms with van der Waals surface area (Å²) >= 11 is 0. The number of aryl methyl sites for hydroxylation is 2. The van der Waals surface area contributed by atoms with Gasteiger partial charge in [-0.15, -0.1) is 0 Å². The number of rotatable bonds is 5. The monoisotopic (exact) mass is 283 g/mol. The first kappa shape index (κ1) is 15.6. The Morgan fingerprint density at radius 3 is 2.38 bits per heavy atom. The third-order valence-electron chi connectivity index (χ3n) is 3.78. The summed E-state index contributed by atoms with van der Waals surface area (Å²) in [6.45, 7) is 9.04. The third-order valence-corrected chi connectivity index (χ3v) is 3.78. The second-order valence-electron chi connectivity index (χ2n) is 5.97. The van der Waals surface area contributed by atoms with Crippen molar-refractivity contribution in [2.24, 2.45) is 5.73 Å². The lowest BCUT2D eigenvalue weighted by Gasteiger charge is -2.19. The molecule has 2 N–H and O–H groups in total. The molecule has 1 unspecified atom stereocenters. The van der Waals surface area contributed by atoms with Crippen LogP contribution >= 0.6 is 0 Å². The quantitative estimate of drug-likeness (QED) is 0.876. The van der Waals surface area contributed by atoms with Crippen molar-refractivity contribution in [2.45, 2.75) is 39.7 Å². The molecule has 0 amide bonds. The molecule has 1 atom stereocenters. The van der Waals surface area contributed by atoms with Crippen molar-refractivity contribution < 1.29 is 4.74 Å². The molecule has 0 aromatic heterocycles. The topological polar surface area (TPSA) is 35.2 Å². The zero-order valence-electron chi connectivity index (χ0n) is 13.4. The first-order valence-electron chi connectivity index (χ1n) is 7.53. The van der Waals surface area contributed by atoms with Crippen molar-refractivity contribution in [3.05, 3.63) is 64.7 Å². The van der Waals surface area contributed by atoms with E-state index in [4.69, 9.17) is 10.5 Å². The first-order valence-corrected chi connectivity index (χ1v) is 7.53. The van der Waals surface area contributed by atoms with Gasteiger partial charge in [0.05, 0.1) is 6.04 Å². The fraction of sp³-hybridized carbons (Fsp3) is 0.368. The van der Waals surface area contributed by atoms with Crippen molar-refractivity contribution >= 4 is 0 Å². The van der Waals surface area contributed by atoms with Crippen molar-refractivity contribution in [3.8, 4) is 5.75 Å². The maximum Gasteiger partial charge on any atom is 0.122 e. The number of hydrogen-bond acceptors (Lipinski definition) is 2. The van der Waals surface area contributed by atoms with Gasteiger partial charge in [0, 0.05) is 0 Å². The molecule has 0 radical (unpaired) electrons. The van der Waals surface area contributed by atoms with E-state index in [0.29, 0.717) is 12.5 Å². The van der Waals surface area contributed by atoms with Gasteiger partial charge in [0.1, 0.15) is 12.4 Å². The Bertz CT molecular complexity index is 604. The highest BCUT2D eigenvalue weighted by Gasteiger charge is 2.12. The van der Waals surface area contributed by atoms with E-state index < -0.39 is 0 Å². The lowest BCUT2D eigenvalue weighted by Crippen LogP contribution is -2.20. The smallest absolute Gasteiger partial charge is 0.122 e. The average Bonchev–Trinajstić information content (AvgIpc) is 2.45. The highest BCUT2D eigenvalue weighted by atomic mass is 16.5. The van der Waals surface area contributed by atoms with Gasteiger partial charge in [0.25, 0.3) is 0 Å². The maximum absolute atomic E-state index is 6.29. The lowest BCUT2D eigenvalue weighted by atomic mass is 10.00. The van der Waals surface area contributed by atoms with E-state index in [1.54, 1.807) is 0 Å². The van der Waals surface area contributed by atoms with Crippen LogP contribution in [0.2, 0.25) is 0 Å². The summed E-state index contributed by atoms with van der Waals surface area (Å²) < 4.78 is 5.97. The minimum atomic E-state index is -0.106. The molecular weight excluding hydrogens is 258 g/mol. The van der Waals surface area contributed by atoms with E-state index in [-0.39, 0.29) is 6.04 Å². The molecule has 0 saturated carbocycles. The summed E-state index contributed by atoms with van der Waals surface area (Å²) in [5, 5.41) is 0. The molecule has 2 nitrogen and oxygen atoms in total. The number of benzene rings is 2. The van der Waals surface area contributed by atoms with Crippen LogP contribution in [0.25, 0.3) is 0 Å². The van der Waals surface area contributed by atoms with Gasteiger partial charge in [-0.25, -0.2) is 0 Å². The minimum absolute atomic E-state index is 0.106. The molecule has 0 heterocycles. The summed E-state index contributed by atoms with van der Waals surface area (Å²) in [7, 11) is 0. The van der Waals surface area contributed by atoms with Gasteiger partial charge < -0.3 is 10.5 Å². The Kier molecular flexibility index (Phi) is 5.03. The summed E-state index contributed by atoms with van der Waals surface area (Å²) in [6, 6.07) is 14.4. The van der Waals surface area contributed by atoms with Gasteiger partial charge in [-0.2, -0.15) is 0 Å². The predicted molar refractivity (Wildman–Crippen MR) is 88.9 cm³/mol. The van der Waals surface area contributed by atoms with Crippen LogP contribution in [0.15, 0.2) is 42.5 Å². The van der Waals surface area contributed by atoms with Crippen LogP contribution < -0.4 is 10.5 Å². The molecule has 21 heavy (non-hydrogen) atoms. The van der Waals surface area contributed by atoms with Gasteiger partial charge in [-0.05, 0) is 42.5 Å². The van der Waals surface area contributed by atoms with Crippen LogP contribution in [-0.4, -0.2) is 6.61 Å². The second kappa shape index (κ2) is 6.77. The fourth-order valence-corrected chi connectivity index (χ4v) is 2.60. The normalized spacial score (nSPS) is 12.5. The molecule has 2 rings (SSSR count). The molecule has 0 spiro atoms. The molecule has 0 fully saturated rings. The lowest BCUT2D eigenvalue weighted by molar-refractivity contribution is 0.286. The van der Waals surface area contributed by atoms with Gasteiger partial charge >= 0.3 is 0 Å². The minimum Gasteiger partial charge on any atom is -0.491 e. The highest BCUT2D eigenvalue weighted by Crippen LogP contribution is 2.27. The van der Waals surface area contributed by atoms with Crippen molar-refractivity contribution in [2.75, 3.05) is 6.61 Å². The molecule has 112 valence electrons. The number of nitrogens with two attached hydrogens (primary N) is 1. The number of hydrogen-bond donors (Lipinski definition) is 1. The molecule has 0 bridgehead atoms. The van der Waals surface area contributed by atoms with E-state index in [1.807, 2.05) is 18.2 Å². The number of para-hydroxylation sites is 1. The van der Waals surface area contributed by atoms with Crippen LogP contribution in [0.5, 0.6) is 5.75 Å². The fourth-order valence-electron chi connectivity index (χ4n) is 2.60. The summed E-state index contributed by atoms with van der Waals surface area (Å²) in [6.07, 6.45) is 0. The van der Waals surface area contributed by atoms with E-state index in [0.717, 1.165) is 11.3 Å². The van der Waals surface area contributed by atoms with Gasteiger partial charge in [0.2, 0.25) is 0 Å². The van der Waals surface area contributed by atoms with Crippen molar-refractivity contribution in [1.29, 1.82) is 0 Å². The zero-order chi connectivity index (χ0) is 15.4. The van der Waals surface area contributed by atoms with Crippen LogP contribution in [-0.2, 0) is 0 Å². The van der Waals surface area contributed by atoms with Gasteiger partial charge in [-0.1, -0.05) is 55.8 Å². The Balaban J connectivity index is 2.09. The summed E-state index contributed by atoms with van der Waals surface area (Å²) in [5.74, 6) is 1.38. The first-order chi connectivity index (χ1) is 9.99. The van der Waals surface area contributed by atoms with Gasteiger partial charge in [0.15, 0.2) is 0 Å². The largest absolute Gasteiger partial charge is 0.491 e. The maximum atomic E-state index is 6.29. The molecule has 2 heteroatoms. The zero-order valence-corrected chi connectivity index (χ0v) is 13.4. The SMILES string of the molecule is Cc1ccc(C(N)COc2ccccc2C(C)C)c(C)c1. The Labute approximate surface area is 127 Å². The Morgan fingerprint density at radius 2 is 1.71 bits per heavy atom. The molecule has 0 aliphatic rings. The Morgan fingerprint density at radius 1 is 1.00 bits per heavy atom. The van der Waals surface area contributed by atoms with E-state index >= 15 is 0 Å². The van der Waals surface area contributed by atoms with Crippen molar-refractivity contribution in [1.82, 2.24) is 0 Å². The van der Waals surface area contributed by atoms with Crippen LogP contribution in [0.4, 0.5) is 0 Å². The van der Waals surface area contributed by atoms with Gasteiger partial charge in [-0.3, -0.25) is 0 Å². The van der Waals surface area contributed by atoms with E-state index in [1.165, 1.54) is 16.7 Å². The summed E-state index contributed by atoms with van der Waals surface area (Å²) in [5.41, 5.74) is 11.2. The van der Waals surface area contributed by atoms with Crippen molar-refractivity contribution in [3.63, 3.8) is 0 Å². The van der Waals surface area contributed by atoms with E-state index in [2.05, 4.69) is 52.0 Å². The summed E-state index contributed by atoms with van der Waals surface area (Å²) in [4.78, 5) is 0. The predicted octanol–water partition coefficient (Wildman–Crippen LogP) is 4.51. The average molecular weight is 283 g/mol. The third kappa shape index (κ3) is 3.85. The highest BCUT2D eigenvalue weighted by molar-refractivity contribution is 5.36. The molecular formula is C19H25NO.